The van der Waals surface area contributed by atoms with Crippen LogP contribution in [-0.4, -0.2) is 25.6 Å². The van der Waals surface area contributed by atoms with Crippen LogP contribution in [0.4, 0.5) is 8.78 Å². The van der Waals surface area contributed by atoms with E-state index in [1.54, 1.807) is 19.1 Å². The Morgan fingerprint density at radius 2 is 1.82 bits per heavy atom. The molecule has 0 saturated heterocycles. The van der Waals surface area contributed by atoms with Gasteiger partial charge >= 0.3 is 5.38 Å². The van der Waals surface area contributed by atoms with Gasteiger partial charge in [-0.3, -0.25) is 0 Å². The topological polar surface area (TPSA) is 60.2 Å². The number of alkyl halides is 3. The number of rotatable bonds is 4. The molecular formula is C10H12ClF2NO2S. The van der Waals surface area contributed by atoms with Crippen LogP contribution >= 0.6 is 11.6 Å². The van der Waals surface area contributed by atoms with Gasteiger partial charge in [0.2, 0.25) is 0 Å². The predicted molar refractivity (Wildman–Crippen MR) is 62.0 cm³/mol. The van der Waals surface area contributed by atoms with Crippen molar-refractivity contribution in [2.75, 3.05) is 5.75 Å². The van der Waals surface area contributed by atoms with Crippen LogP contribution in [0, 0.1) is 6.92 Å². The van der Waals surface area contributed by atoms with Gasteiger partial charge in [0.1, 0.15) is 0 Å². The van der Waals surface area contributed by atoms with Crippen LogP contribution in [0.2, 0.25) is 0 Å². The van der Waals surface area contributed by atoms with Crippen molar-refractivity contribution in [3.63, 3.8) is 0 Å². The van der Waals surface area contributed by atoms with Crippen LogP contribution in [-0.2, 0) is 9.84 Å². The summed E-state index contributed by atoms with van der Waals surface area (Å²) >= 11 is 4.68. The van der Waals surface area contributed by atoms with E-state index in [1.165, 1.54) is 12.1 Å². The average Bonchev–Trinajstić information content (AvgIpc) is 2.16. The Bertz CT molecular complexity index is 482. The minimum absolute atomic E-state index is 0.0422. The highest BCUT2D eigenvalue weighted by Gasteiger charge is 2.37. The Hall–Kier alpha value is -0.720. The molecule has 1 aromatic rings. The zero-order chi connectivity index (χ0) is 13.3. The lowest BCUT2D eigenvalue weighted by atomic mass is 10.2. The molecule has 0 fully saturated rings. The minimum Gasteiger partial charge on any atom is -0.321 e. The van der Waals surface area contributed by atoms with Gasteiger partial charge in [-0.05, 0) is 30.7 Å². The van der Waals surface area contributed by atoms with Crippen molar-refractivity contribution in [2.45, 2.75) is 23.2 Å². The Morgan fingerprint density at radius 1 is 1.35 bits per heavy atom. The van der Waals surface area contributed by atoms with E-state index in [-0.39, 0.29) is 4.90 Å². The first-order valence-electron chi connectivity index (χ1n) is 4.74. The number of sulfone groups is 1. The molecule has 1 rings (SSSR count). The van der Waals surface area contributed by atoms with Gasteiger partial charge in [0.05, 0.1) is 16.7 Å². The molecule has 0 aromatic heterocycles. The summed E-state index contributed by atoms with van der Waals surface area (Å²) in [7, 11) is -3.85. The Morgan fingerprint density at radius 3 is 2.24 bits per heavy atom. The van der Waals surface area contributed by atoms with Crippen molar-refractivity contribution < 1.29 is 17.2 Å². The highest BCUT2D eigenvalue weighted by molar-refractivity contribution is 7.91. The van der Waals surface area contributed by atoms with E-state index in [0.29, 0.717) is 0 Å². The second-order valence-electron chi connectivity index (χ2n) is 3.74. The van der Waals surface area contributed by atoms with Gasteiger partial charge in [-0.15, -0.1) is 0 Å². The third-order valence-corrected chi connectivity index (χ3v) is 4.27. The van der Waals surface area contributed by atoms with Gasteiger partial charge in [0.15, 0.2) is 9.84 Å². The third kappa shape index (κ3) is 3.90. The monoisotopic (exact) mass is 283 g/mol. The van der Waals surface area contributed by atoms with E-state index in [9.17, 15) is 17.2 Å². The van der Waals surface area contributed by atoms with Crippen LogP contribution < -0.4 is 5.73 Å². The molecule has 0 spiro atoms. The lowest BCUT2D eigenvalue weighted by Gasteiger charge is -2.16. The molecule has 1 aromatic carbocycles. The van der Waals surface area contributed by atoms with Gasteiger partial charge in [-0.1, -0.05) is 17.7 Å². The maximum atomic E-state index is 12.6. The summed E-state index contributed by atoms with van der Waals surface area (Å²) < 4.78 is 48.7. The van der Waals surface area contributed by atoms with E-state index in [0.717, 1.165) is 5.56 Å². The van der Waals surface area contributed by atoms with E-state index < -0.39 is 27.0 Å². The number of benzene rings is 1. The van der Waals surface area contributed by atoms with Crippen LogP contribution in [0.15, 0.2) is 29.2 Å². The maximum absolute atomic E-state index is 12.6. The SMILES string of the molecule is Cc1ccc(S(=O)(=O)C[C@H](N)C(F)(F)Cl)cc1. The maximum Gasteiger partial charge on any atom is 0.337 e. The van der Waals surface area contributed by atoms with Crippen molar-refractivity contribution >= 4 is 21.4 Å². The molecule has 17 heavy (non-hydrogen) atoms. The predicted octanol–water partition coefficient (Wildman–Crippen LogP) is 1.93. The van der Waals surface area contributed by atoms with E-state index in [4.69, 9.17) is 5.73 Å². The molecule has 2 N–H and O–H groups in total. The number of halogens is 3. The number of hydrogen-bond acceptors (Lipinski definition) is 3. The van der Waals surface area contributed by atoms with E-state index in [2.05, 4.69) is 11.6 Å². The molecule has 0 amide bonds. The summed E-state index contributed by atoms with van der Waals surface area (Å²) in [5, 5.41) is -3.74. The lowest BCUT2D eigenvalue weighted by Crippen LogP contribution is -2.42. The van der Waals surface area contributed by atoms with Crippen molar-refractivity contribution in [1.29, 1.82) is 0 Å². The van der Waals surface area contributed by atoms with Crippen LogP contribution in [0.5, 0.6) is 0 Å². The summed E-state index contributed by atoms with van der Waals surface area (Å²) in [5.41, 5.74) is 5.91. The molecule has 0 radical (unpaired) electrons. The van der Waals surface area contributed by atoms with Crippen molar-refractivity contribution in [1.82, 2.24) is 0 Å². The Kier molecular flexibility index (Phi) is 4.11. The Balaban J connectivity index is 2.94. The molecule has 0 aliphatic heterocycles. The fourth-order valence-electron chi connectivity index (χ4n) is 1.17. The average molecular weight is 284 g/mol. The highest BCUT2D eigenvalue weighted by Crippen LogP contribution is 2.24. The van der Waals surface area contributed by atoms with Crippen molar-refractivity contribution in [2.24, 2.45) is 5.73 Å². The van der Waals surface area contributed by atoms with Crippen LogP contribution in [0.3, 0.4) is 0 Å². The first-order chi connectivity index (χ1) is 7.63. The molecule has 96 valence electrons. The quantitative estimate of drug-likeness (QED) is 0.859. The largest absolute Gasteiger partial charge is 0.337 e. The zero-order valence-electron chi connectivity index (χ0n) is 9.03. The van der Waals surface area contributed by atoms with Crippen molar-refractivity contribution in [3.05, 3.63) is 29.8 Å². The van der Waals surface area contributed by atoms with E-state index >= 15 is 0 Å². The third-order valence-electron chi connectivity index (χ3n) is 2.20. The molecule has 0 saturated carbocycles. The van der Waals surface area contributed by atoms with Gasteiger partial charge in [-0.2, -0.15) is 8.78 Å². The Labute approximate surface area is 103 Å². The first kappa shape index (κ1) is 14.3. The molecule has 0 bridgehead atoms. The van der Waals surface area contributed by atoms with Crippen LogP contribution in [0.1, 0.15) is 5.56 Å². The van der Waals surface area contributed by atoms with E-state index in [1.807, 2.05) is 0 Å². The zero-order valence-corrected chi connectivity index (χ0v) is 10.6. The molecule has 7 heteroatoms. The van der Waals surface area contributed by atoms with Crippen LogP contribution in [0.25, 0.3) is 0 Å². The lowest BCUT2D eigenvalue weighted by molar-refractivity contribution is 0.0733. The summed E-state index contributed by atoms with van der Waals surface area (Å²) in [4.78, 5) is -0.0422. The molecule has 1 atom stereocenters. The molecule has 3 nitrogen and oxygen atoms in total. The molecule has 0 aliphatic rings. The number of hydrogen-bond donors (Lipinski definition) is 1. The number of nitrogens with two attached hydrogens (primary N) is 1. The molecule has 0 unspecified atom stereocenters. The summed E-state index contributed by atoms with van der Waals surface area (Å²) in [6, 6.07) is 3.93. The molecule has 0 heterocycles. The smallest absolute Gasteiger partial charge is 0.321 e. The number of aryl methyl sites for hydroxylation is 1. The van der Waals surface area contributed by atoms with Gasteiger partial charge in [-0.25, -0.2) is 8.42 Å². The summed E-state index contributed by atoms with van der Waals surface area (Å²) in [5.74, 6) is -0.896. The van der Waals surface area contributed by atoms with Gasteiger partial charge in [0.25, 0.3) is 0 Å². The first-order valence-corrected chi connectivity index (χ1v) is 6.77. The molecule has 0 aliphatic carbocycles. The van der Waals surface area contributed by atoms with Gasteiger partial charge < -0.3 is 5.73 Å². The fraction of sp³-hybridized carbons (Fsp3) is 0.400. The summed E-state index contributed by atoms with van der Waals surface area (Å²) in [6.07, 6.45) is 0. The second-order valence-corrected chi connectivity index (χ2v) is 6.28. The van der Waals surface area contributed by atoms with Crippen molar-refractivity contribution in [3.8, 4) is 0 Å². The summed E-state index contributed by atoms with van der Waals surface area (Å²) in [6.45, 7) is 1.79. The standard InChI is InChI=1S/C10H12ClF2NO2S/c1-7-2-4-8(5-3-7)17(15,16)6-9(14)10(11,12)13/h2-5,9H,6,14H2,1H3/t9-/m0/s1. The fourth-order valence-corrected chi connectivity index (χ4v) is 2.77. The van der Waals surface area contributed by atoms with Gasteiger partial charge in [0, 0.05) is 0 Å². The minimum atomic E-state index is -3.85. The normalized spacial score (nSPS) is 14.6. The molecular weight excluding hydrogens is 272 g/mol. The second kappa shape index (κ2) is 4.88. The highest BCUT2D eigenvalue weighted by atomic mass is 35.5.